The second kappa shape index (κ2) is 25.0. The Kier molecular flexibility index (Phi) is 13.9. The van der Waals surface area contributed by atoms with E-state index in [0.717, 1.165) is 166 Å². The molecular formula is C110H66N2O5. The number of hydrogen-bond acceptors (Lipinski definition) is 7. The molecule has 0 radical (unpaired) electrons. The zero-order valence-electron chi connectivity index (χ0n) is 63.0. The van der Waals surface area contributed by atoms with Crippen LogP contribution in [0.3, 0.4) is 0 Å². The van der Waals surface area contributed by atoms with Crippen LogP contribution in [0.4, 0.5) is 34.1 Å². The summed E-state index contributed by atoms with van der Waals surface area (Å²) in [5, 5.41) is 12.3. The van der Waals surface area contributed by atoms with Crippen molar-refractivity contribution < 1.29 is 22.1 Å². The van der Waals surface area contributed by atoms with Gasteiger partial charge in [-0.25, -0.2) is 0 Å². The normalized spacial score (nSPS) is 13.3. The molecule has 0 atom stereocenters. The number of fused-ring (bicyclic) bond motifs is 19. The lowest BCUT2D eigenvalue weighted by Gasteiger charge is -2.35. The van der Waals surface area contributed by atoms with Crippen LogP contribution < -0.4 is 9.80 Å². The van der Waals surface area contributed by atoms with Crippen molar-refractivity contribution in [3.63, 3.8) is 0 Å². The molecule has 2 aliphatic carbocycles. The van der Waals surface area contributed by atoms with Gasteiger partial charge in [-0.2, -0.15) is 0 Å². The largest absolute Gasteiger partial charge is 0.456 e. The summed E-state index contributed by atoms with van der Waals surface area (Å²) < 4.78 is 34.3. The topological polar surface area (TPSA) is 72.2 Å². The average Bonchev–Trinajstić information content (AvgIpc) is 1.53. The van der Waals surface area contributed by atoms with Crippen LogP contribution in [0.2, 0.25) is 0 Å². The first-order valence-electron chi connectivity index (χ1n) is 40.0. The third-order valence-corrected chi connectivity index (χ3v) is 25.2. The predicted molar refractivity (Wildman–Crippen MR) is 478 cm³/mol. The van der Waals surface area contributed by atoms with Gasteiger partial charge in [0, 0.05) is 99.9 Å². The summed E-state index contributed by atoms with van der Waals surface area (Å²) in [5.41, 5.74) is 27.6. The highest BCUT2D eigenvalue weighted by Crippen LogP contribution is 2.60. The summed E-state index contributed by atoms with van der Waals surface area (Å²) in [5.74, 6) is 1.66. The van der Waals surface area contributed by atoms with Gasteiger partial charge in [-0.15, -0.1) is 0 Å². The number of nitrogens with zero attached hydrogens (tertiary/aromatic N) is 2. The molecule has 0 fully saturated rings. The Morgan fingerprint density at radius 3 is 0.897 bits per heavy atom. The van der Waals surface area contributed by atoms with Gasteiger partial charge < -0.3 is 31.9 Å². The Bertz CT molecular complexity index is 7420. The number of benzene rings is 18. The first kappa shape index (κ1) is 65.1. The molecule has 2 aliphatic rings. The number of rotatable bonds is 12. The quantitative estimate of drug-likeness (QED) is 0.121. The number of furan rings is 5. The summed E-state index contributed by atoms with van der Waals surface area (Å²) in [4.78, 5) is 4.83. The van der Waals surface area contributed by atoms with E-state index >= 15 is 0 Å². The standard InChI is InChI=1S/C110H66N2O5/c1-5-27-73(28-6-1)109(74-29-7-2-8-30-74)93-37-17-15-35-83(93)85-51-45-77(59-95(85)109)111(97-39-21-25-67-55-71(43-49-81(67)97)101-57-69-23-13-19-41-99(69)113-101)79-47-53-87-89-63-107-91(65-105(89)115-103(87)61-79)92-66-106-90(64-108(92)117-107)88-54-48-80(62-104(88)116-106)112(98-40-22-26-68-56-72(44-50-82(68)98)102-58-70-24-14-20-42-100(70)114-102)78-46-52-86-84-36-16-18-38-94(84)110(96(86)60-78,75-31-9-3-10-32-75)76-33-11-4-12-34-76/h1-66H. The van der Waals surface area contributed by atoms with Crippen LogP contribution >= 0.6 is 0 Å². The summed E-state index contributed by atoms with van der Waals surface area (Å²) in [7, 11) is 0. The lowest BCUT2D eigenvalue weighted by molar-refractivity contribution is 0.631. The van der Waals surface area contributed by atoms with Crippen molar-refractivity contribution in [2.75, 3.05) is 9.80 Å². The van der Waals surface area contributed by atoms with Gasteiger partial charge in [-0.05, 0) is 199 Å². The molecule has 7 heteroatoms. The van der Waals surface area contributed by atoms with Crippen LogP contribution in [-0.4, -0.2) is 0 Å². The highest BCUT2D eigenvalue weighted by molar-refractivity contribution is 6.19. The molecule has 25 rings (SSSR count). The SMILES string of the molecule is c1ccc(C2(c3ccccc3)c3ccccc3-c3ccc(N(c4ccc5c(c4)oc4cc6c(cc45)oc4cc5c(cc46)oc4cc(N(c6ccc7c(c6)C(c6ccccc6)(c6ccccc6)c6ccccc6-7)c6cccc7cc(-c8cc9ccccc9o8)ccc67)ccc45)c4cccc5cc(-c6cc7ccccc7o6)ccc45)cc32)cc1. The van der Waals surface area contributed by atoms with Gasteiger partial charge >= 0.3 is 0 Å². The highest BCUT2D eigenvalue weighted by Gasteiger charge is 2.48. The average molecular weight is 1500 g/mol. The summed E-state index contributed by atoms with van der Waals surface area (Å²) in [6.07, 6.45) is 0. The molecule has 0 spiro atoms. The van der Waals surface area contributed by atoms with Gasteiger partial charge in [0.15, 0.2) is 0 Å². The molecule has 0 N–H and O–H groups in total. The minimum Gasteiger partial charge on any atom is -0.456 e. The third kappa shape index (κ3) is 9.63. The Morgan fingerprint density at radius 2 is 0.496 bits per heavy atom. The molecular weight excluding hydrogens is 1430 g/mol. The fourth-order valence-corrected chi connectivity index (χ4v) is 20.0. The molecule has 117 heavy (non-hydrogen) atoms. The number of anilines is 6. The van der Waals surface area contributed by atoms with Crippen LogP contribution in [0, 0.1) is 0 Å². The maximum atomic E-state index is 7.18. The maximum Gasteiger partial charge on any atom is 0.137 e. The van der Waals surface area contributed by atoms with Crippen molar-refractivity contribution >= 4 is 143 Å². The van der Waals surface area contributed by atoms with Crippen molar-refractivity contribution in [2.24, 2.45) is 0 Å². The monoisotopic (exact) mass is 1490 g/mol. The van der Waals surface area contributed by atoms with E-state index in [2.05, 4.69) is 386 Å². The summed E-state index contributed by atoms with van der Waals surface area (Å²) in [6.45, 7) is 0. The van der Waals surface area contributed by atoms with Gasteiger partial charge in [0.2, 0.25) is 0 Å². The molecule has 5 heterocycles. The minimum atomic E-state index is -0.619. The fourth-order valence-electron chi connectivity index (χ4n) is 20.0. The molecule has 5 aromatic heterocycles. The predicted octanol–water partition coefficient (Wildman–Crippen LogP) is 30.2. The van der Waals surface area contributed by atoms with Crippen molar-refractivity contribution in [3.8, 4) is 44.9 Å². The van der Waals surface area contributed by atoms with E-state index in [4.69, 9.17) is 22.1 Å². The maximum absolute atomic E-state index is 7.18. The van der Waals surface area contributed by atoms with Crippen LogP contribution in [0.25, 0.3) is 154 Å². The van der Waals surface area contributed by atoms with Crippen molar-refractivity contribution in [1.82, 2.24) is 0 Å². The van der Waals surface area contributed by atoms with E-state index < -0.39 is 10.8 Å². The summed E-state index contributed by atoms with van der Waals surface area (Å²) in [6, 6.07) is 145. The molecule has 0 saturated carbocycles. The van der Waals surface area contributed by atoms with E-state index in [0.29, 0.717) is 0 Å². The van der Waals surface area contributed by atoms with Crippen LogP contribution in [0.5, 0.6) is 0 Å². The van der Waals surface area contributed by atoms with Gasteiger partial charge in [-0.1, -0.05) is 267 Å². The van der Waals surface area contributed by atoms with Gasteiger partial charge in [-0.3, -0.25) is 0 Å². The number of para-hydroxylation sites is 2. The first-order chi connectivity index (χ1) is 57.9. The molecule has 18 aromatic carbocycles. The number of hydrogen-bond donors (Lipinski definition) is 0. The minimum absolute atomic E-state index is 0.619. The molecule has 0 unspecified atom stereocenters. The fraction of sp³-hybridized carbons (Fsp3) is 0.0182. The van der Waals surface area contributed by atoms with Crippen molar-refractivity contribution in [2.45, 2.75) is 10.8 Å². The van der Waals surface area contributed by atoms with Crippen molar-refractivity contribution in [3.05, 3.63) is 445 Å². The Morgan fingerprint density at radius 1 is 0.179 bits per heavy atom. The lowest BCUT2D eigenvalue weighted by Crippen LogP contribution is -2.28. The smallest absolute Gasteiger partial charge is 0.137 e. The molecule has 0 amide bonds. The second-order valence-corrected chi connectivity index (χ2v) is 31.3. The van der Waals surface area contributed by atoms with Gasteiger partial charge in [0.05, 0.1) is 22.2 Å². The Hall–Kier alpha value is -15.4. The zero-order chi connectivity index (χ0) is 76.6. The molecule has 23 aromatic rings. The summed E-state index contributed by atoms with van der Waals surface area (Å²) >= 11 is 0. The molecule has 0 saturated heterocycles. The molecule has 546 valence electrons. The Balaban J connectivity index is 0.629. The van der Waals surface area contributed by atoms with Crippen molar-refractivity contribution in [1.29, 1.82) is 0 Å². The molecule has 0 bridgehead atoms. The van der Waals surface area contributed by atoms with E-state index in [1.807, 2.05) is 24.3 Å². The van der Waals surface area contributed by atoms with E-state index in [-0.39, 0.29) is 0 Å². The Labute approximate surface area is 671 Å². The van der Waals surface area contributed by atoms with Crippen LogP contribution in [0.15, 0.2) is 422 Å². The second-order valence-electron chi connectivity index (χ2n) is 31.3. The lowest BCUT2D eigenvalue weighted by atomic mass is 9.67. The van der Waals surface area contributed by atoms with Crippen LogP contribution in [-0.2, 0) is 10.8 Å². The van der Waals surface area contributed by atoms with E-state index in [1.54, 1.807) is 0 Å². The van der Waals surface area contributed by atoms with Crippen LogP contribution in [0.1, 0.15) is 44.5 Å². The third-order valence-electron chi connectivity index (χ3n) is 25.2. The van der Waals surface area contributed by atoms with Gasteiger partial charge in [0.1, 0.15) is 56.2 Å². The zero-order valence-corrected chi connectivity index (χ0v) is 63.0. The van der Waals surface area contributed by atoms with Gasteiger partial charge in [0.25, 0.3) is 0 Å². The first-order valence-corrected chi connectivity index (χ1v) is 40.0. The van der Waals surface area contributed by atoms with E-state index in [1.165, 1.54) is 66.8 Å². The molecule has 0 aliphatic heterocycles. The molecule has 7 nitrogen and oxygen atoms in total. The van der Waals surface area contributed by atoms with E-state index in [9.17, 15) is 0 Å². The highest BCUT2D eigenvalue weighted by atomic mass is 16.4.